The lowest BCUT2D eigenvalue weighted by atomic mass is 9.97. The molecule has 4 aromatic carbocycles. The van der Waals surface area contributed by atoms with Gasteiger partial charge >= 0.3 is 0 Å². The molecule has 0 unspecified atom stereocenters. The SMILES string of the molecule is Cc1ccc(C/C=C(\N)c2ccc(-c3cccc4ccccc34)cc2)cc1. The Labute approximate surface area is 160 Å². The van der Waals surface area contributed by atoms with Crippen molar-refractivity contribution in [3.05, 3.63) is 114 Å². The van der Waals surface area contributed by atoms with Gasteiger partial charge in [0.2, 0.25) is 0 Å². The second kappa shape index (κ2) is 7.51. The summed E-state index contributed by atoms with van der Waals surface area (Å²) in [6.07, 6.45) is 2.94. The van der Waals surface area contributed by atoms with E-state index in [1.807, 2.05) is 0 Å². The molecule has 0 heterocycles. The summed E-state index contributed by atoms with van der Waals surface area (Å²) < 4.78 is 0. The fourth-order valence-corrected chi connectivity index (χ4v) is 3.39. The van der Waals surface area contributed by atoms with Gasteiger partial charge in [-0.05, 0) is 46.4 Å². The summed E-state index contributed by atoms with van der Waals surface area (Å²) in [5.41, 5.74) is 13.2. The van der Waals surface area contributed by atoms with Gasteiger partial charge in [-0.15, -0.1) is 0 Å². The third-order valence-corrected chi connectivity index (χ3v) is 5.00. The first-order valence-electron chi connectivity index (χ1n) is 9.30. The molecule has 0 aliphatic rings. The van der Waals surface area contributed by atoms with Gasteiger partial charge in [0.1, 0.15) is 0 Å². The number of hydrogen-bond acceptors (Lipinski definition) is 1. The number of benzene rings is 4. The molecule has 0 spiro atoms. The van der Waals surface area contributed by atoms with E-state index in [0.29, 0.717) is 0 Å². The monoisotopic (exact) mass is 349 g/mol. The first-order valence-corrected chi connectivity index (χ1v) is 9.30. The highest BCUT2D eigenvalue weighted by molar-refractivity contribution is 5.96. The molecule has 132 valence electrons. The molecule has 0 aliphatic carbocycles. The van der Waals surface area contributed by atoms with Crippen molar-refractivity contribution in [1.29, 1.82) is 0 Å². The van der Waals surface area contributed by atoms with Crippen LogP contribution >= 0.6 is 0 Å². The van der Waals surface area contributed by atoms with Crippen LogP contribution in [0.5, 0.6) is 0 Å². The third kappa shape index (κ3) is 3.78. The molecule has 0 fully saturated rings. The Hall–Kier alpha value is -3.32. The smallest absolute Gasteiger partial charge is 0.0350 e. The summed E-state index contributed by atoms with van der Waals surface area (Å²) >= 11 is 0. The van der Waals surface area contributed by atoms with Crippen LogP contribution in [0.25, 0.3) is 27.6 Å². The Morgan fingerprint density at radius 2 is 1.48 bits per heavy atom. The Bertz CT molecular complexity index is 1080. The van der Waals surface area contributed by atoms with Gasteiger partial charge in [0.25, 0.3) is 0 Å². The molecule has 2 N–H and O–H groups in total. The van der Waals surface area contributed by atoms with Crippen molar-refractivity contribution in [2.24, 2.45) is 5.73 Å². The summed E-state index contributed by atoms with van der Waals surface area (Å²) in [6, 6.07) is 32.0. The molecular formula is C26H23N. The van der Waals surface area contributed by atoms with Crippen LogP contribution in [0.3, 0.4) is 0 Å². The molecule has 1 nitrogen and oxygen atoms in total. The van der Waals surface area contributed by atoms with Gasteiger partial charge < -0.3 is 5.73 Å². The predicted molar refractivity (Wildman–Crippen MR) is 116 cm³/mol. The number of aryl methyl sites for hydroxylation is 1. The van der Waals surface area contributed by atoms with Crippen molar-refractivity contribution in [2.75, 3.05) is 0 Å². The van der Waals surface area contributed by atoms with Gasteiger partial charge in [0, 0.05) is 5.70 Å². The highest BCUT2D eigenvalue weighted by Crippen LogP contribution is 2.29. The van der Waals surface area contributed by atoms with E-state index in [9.17, 15) is 0 Å². The van der Waals surface area contributed by atoms with Crippen LogP contribution < -0.4 is 5.73 Å². The molecule has 4 rings (SSSR count). The van der Waals surface area contributed by atoms with Crippen LogP contribution in [0.2, 0.25) is 0 Å². The first-order chi connectivity index (χ1) is 13.2. The fourth-order valence-electron chi connectivity index (χ4n) is 3.39. The molecule has 0 aromatic heterocycles. The molecule has 0 saturated heterocycles. The van der Waals surface area contributed by atoms with Crippen LogP contribution in [0.15, 0.2) is 97.1 Å². The number of allylic oxidation sites excluding steroid dienone is 1. The lowest BCUT2D eigenvalue weighted by Crippen LogP contribution is -1.97. The van der Waals surface area contributed by atoms with Crippen molar-refractivity contribution in [1.82, 2.24) is 0 Å². The van der Waals surface area contributed by atoms with Crippen LogP contribution in [0.4, 0.5) is 0 Å². The maximum atomic E-state index is 6.31. The maximum absolute atomic E-state index is 6.31. The Balaban J connectivity index is 1.58. The fraction of sp³-hybridized carbons (Fsp3) is 0.0769. The lowest BCUT2D eigenvalue weighted by molar-refractivity contribution is 1.25. The molecule has 0 saturated carbocycles. The molecule has 4 aromatic rings. The second-order valence-corrected chi connectivity index (χ2v) is 6.95. The molecule has 0 bridgehead atoms. The van der Waals surface area contributed by atoms with E-state index in [1.54, 1.807) is 0 Å². The van der Waals surface area contributed by atoms with E-state index in [-0.39, 0.29) is 0 Å². The molecule has 0 amide bonds. The minimum atomic E-state index is 0.819. The molecule has 1 heteroatoms. The van der Waals surface area contributed by atoms with Crippen LogP contribution in [-0.4, -0.2) is 0 Å². The zero-order chi connectivity index (χ0) is 18.6. The largest absolute Gasteiger partial charge is 0.398 e. The zero-order valence-corrected chi connectivity index (χ0v) is 15.5. The van der Waals surface area contributed by atoms with E-state index in [4.69, 9.17) is 5.73 Å². The van der Waals surface area contributed by atoms with Gasteiger partial charge in [-0.1, -0.05) is 103 Å². The molecule has 27 heavy (non-hydrogen) atoms. The maximum Gasteiger partial charge on any atom is 0.0350 e. The third-order valence-electron chi connectivity index (χ3n) is 5.00. The minimum Gasteiger partial charge on any atom is -0.398 e. The van der Waals surface area contributed by atoms with E-state index in [2.05, 4.69) is 104 Å². The lowest BCUT2D eigenvalue weighted by Gasteiger charge is -2.08. The van der Waals surface area contributed by atoms with Crippen LogP contribution in [0.1, 0.15) is 16.7 Å². The number of rotatable bonds is 4. The normalized spacial score (nSPS) is 11.7. The number of fused-ring (bicyclic) bond motifs is 1. The van der Waals surface area contributed by atoms with Crippen molar-refractivity contribution in [3.8, 4) is 11.1 Å². The Morgan fingerprint density at radius 3 is 2.26 bits per heavy atom. The van der Waals surface area contributed by atoms with Gasteiger partial charge in [-0.25, -0.2) is 0 Å². The summed E-state index contributed by atoms with van der Waals surface area (Å²) in [6.45, 7) is 2.10. The van der Waals surface area contributed by atoms with Gasteiger partial charge in [0.15, 0.2) is 0 Å². The number of nitrogens with two attached hydrogens (primary N) is 1. The van der Waals surface area contributed by atoms with E-state index >= 15 is 0 Å². The van der Waals surface area contributed by atoms with Gasteiger partial charge in [0.05, 0.1) is 0 Å². The molecular weight excluding hydrogens is 326 g/mol. The topological polar surface area (TPSA) is 26.0 Å². The quantitative estimate of drug-likeness (QED) is 0.456. The molecule has 0 aliphatic heterocycles. The minimum absolute atomic E-state index is 0.819. The first kappa shape index (κ1) is 17.1. The van der Waals surface area contributed by atoms with E-state index < -0.39 is 0 Å². The zero-order valence-electron chi connectivity index (χ0n) is 15.5. The van der Waals surface area contributed by atoms with Gasteiger partial charge in [-0.2, -0.15) is 0 Å². The molecule has 0 atom stereocenters. The molecule has 0 radical (unpaired) electrons. The van der Waals surface area contributed by atoms with Crippen molar-refractivity contribution in [2.45, 2.75) is 13.3 Å². The van der Waals surface area contributed by atoms with Gasteiger partial charge in [-0.3, -0.25) is 0 Å². The Kier molecular flexibility index (Phi) is 4.76. The standard InChI is InChI=1S/C26H23N/c1-19-9-11-20(12-10-19)13-18-26(27)23-16-14-22(15-17-23)25-8-4-6-21-5-2-3-7-24(21)25/h2-12,14-18H,13,27H2,1H3/b26-18-. The average molecular weight is 349 g/mol. The number of hydrogen-bond donors (Lipinski definition) is 1. The van der Waals surface area contributed by atoms with Crippen molar-refractivity contribution >= 4 is 16.5 Å². The summed E-state index contributed by atoms with van der Waals surface area (Å²) in [4.78, 5) is 0. The summed E-state index contributed by atoms with van der Waals surface area (Å²) in [5.74, 6) is 0. The van der Waals surface area contributed by atoms with Crippen molar-refractivity contribution in [3.63, 3.8) is 0 Å². The van der Waals surface area contributed by atoms with Crippen molar-refractivity contribution < 1.29 is 0 Å². The van der Waals surface area contributed by atoms with E-state index in [1.165, 1.54) is 33.0 Å². The summed E-state index contributed by atoms with van der Waals surface area (Å²) in [5, 5.41) is 2.53. The average Bonchev–Trinajstić information content (AvgIpc) is 2.73. The van der Waals surface area contributed by atoms with Crippen LogP contribution in [0, 0.1) is 6.92 Å². The highest BCUT2D eigenvalue weighted by Gasteiger charge is 2.04. The van der Waals surface area contributed by atoms with E-state index in [0.717, 1.165) is 17.7 Å². The second-order valence-electron chi connectivity index (χ2n) is 6.95. The Morgan fingerprint density at radius 1 is 0.778 bits per heavy atom. The summed E-state index contributed by atoms with van der Waals surface area (Å²) in [7, 11) is 0. The predicted octanol–water partition coefficient (Wildman–Crippen LogP) is 6.36. The van der Waals surface area contributed by atoms with Crippen LogP contribution in [-0.2, 0) is 6.42 Å². The highest BCUT2D eigenvalue weighted by atomic mass is 14.6.